The van der Waals surface area contributed by atoms with Gasteiger partial charge in [0.25, 0.3) is 0 Å². The van der Waals surface area contributed by atoms with E-state index in [1.54, 1.807) is 17.8 Å². The fourth-order valence-electron chi connectivity index (χ4n) is 1.84. The van der Waals surface area contributed by atoms with E-state index in [0.717, 1.165) is 10.3 Å². The van der Waals surface area contributed by atoms with E-state index in [0.29, 0.717) is 17.9 Å². The lowest BCUT2D eigenvalue weighted by Crippen LogP contribution is -2.13. The summed E-state index contributed by atoms with van der Waals surface area (Å²) >= 11 is 1.49. The van der Waals surface area contributed by atoms with Gasteiger partial charge < -0.3 is 20.1 Å². The minimum Gasteiger partial charge on any atom is -0.483 e. The molecule has 3 N–H and O–H groups in total. The second-order valence-electron chi connectivity index (χ2n) is 4.00. The van der Waals surface area contributed by atoms with Crippen molar-refractivity contribution < 1.29 is 14.4 Å². The summed E-state index contributed by atoms with van der Waals surface area (Å²) in [5.74, 6) is 0.558. The molecule has 0 unspecified atom stereocenters. The molecule has 0 fully saturated rings. The molecule has 20 heavy (non-hydrogen) atoms. The summed E-state index contributed by atoms with van der Waals surface area (Å²) < 4.78 is 11.3. The lowest BCUT2D eigenvalue weighted by Gasteiger charge is -2.04. The highest BCUT2D eigenvalue weighted by Gasteiger charge is 2.19. The highest BCUT2D eigenvalue weighted by molar-refractivity contribution is 7.09. The minimum absolute atomic E-state index is 0.125. The Balaban J connectivity index is 2.02. The average molecular weight is 289 g/mol. The van der Waals surface area contributed by atoms with Crippen LogP contribution in [0.2, 0.25) is 0 Å². The van der Waals surface area contributed by atoms with Crippen LogP contribution in [-0.2, 0) is 6.61 Å². The molecule has 0 radical (unpaired) electrons. The monoisotopic (exact) mass is 289 g/mol. The maximum Gasteiger partial charge on any atom is 0.215 e. The first-order chi connectivity index (χ1) is 9.79. The van der Waals surface area contributed by atoms with E-state index < -0.39 is 0 Å². The summed E-state index contributed by atoms with van der Waals surface area (Å²) in [4.78, 5) is 4.96. The SMILES string of the molecule is N/C(=N/O)c1oc2ccccc2c1OCc1cncs1. The summed E-state index contributed by atoms with van der Waals surface area (Å²) in [6.07, 6.45) is 1.73. The number of ether oxygens (including phenoxy) is 1. The molecule has 2 heterocycles. The van der Waals surface area contributed by atoms with E-state index in [4.69, 9.17) is 20.1 Å². The van der Waals surface area contributed by atoms with Crippen LogP contribution in [0.5, 0.6) is 5.75 Å². The summed E-state index contributed by atoms with van der Waals surface area (Å²) in [5, 5.41) is 12.6. The van der Waals surface area contributed by atoms with Crippen molar-refractivity contribution >= 4 is 28.1 Å². The Labute approximate surface area is 118 Å². The van der Waals surface area contributed by atoms with Crippen LogP contribution in [0.1, 0.15) is 10.6 Å². The molecule has 3 aromatic rings. The summed E-state index contributed by atoms with van der Waals surface area (Å²) in [6.45, 7) is 0.347. The lowest BCUT2D eigenvalue weighted by molar-refractivity contribution is 0.303. The molecule has 0 amide bonds. The zero-order chi connectivity index (χ0) is 13.9. The summed E-state index contributed by atoms with van der Waals surface area (Å²) in [5.41, 5.74) is 7.98. The van der Waals surface area contributed by atoms with E-state index in [1.165, 1.54) is 11.3 Å². The fourth-order valence-corrected chi connectivity index (χ4v) is 2.34. The lowest BCUT2D eigenvalue weighted by atomic mass is 10.2. The zero-order valence-electron chi connectivity index (χ0n) is 10.3. The fraction of sp³-hybridized carbons (Fsp3) is 0.0769. The second kappa shape index (κ2) is 5.22. The quantitative estimate of drug-likeness (QED) is 0.333. The van der Waals surface area contributed by atoms with E-state index in [-0.39, 0.29) is 11.6 Å². The first kappa shape index (κ1) is 12.5. The molecule has 0 atom stereocenters. The van der Waals surface area contributed by atoms with Crippen LogP contribution in [0.15, 0.2) is 45.5 Å². The number of furan rings is 1. The molecule has 0 bridgehead atoms. The van der Waals surface area contributed by atoms with E-state index in [2.05, 4.69) is 10.1 Å². The number of hydrogen-bond donors (Lipinski definition) is 2. The predicted octanol–water partition coefficient (Wildman–Crippen LogP) is 2.56. The van der Waals surface area contributed by atoms with Gasteiger partial charge >= 0.3 is 0 Å². The van der Waals surface area contributed by atoms with Crippen LogP contribution in [0.4, 0.5) is 0 Å². The molecule has 3 rings (SSSR count). The normalized spacial score (nSPS) is 11.9. The highest BCUT2D eigenvalue weighted by Crippen LogP contribution is 2.33. The number of oxime groups is 1. The molecule has 102 valence electrons. The Morgan fingerprint density at radius 2 is 2.30 bits per heavy atom. The molecule has 6 nitrogen and oxygen atoms in total. The van der Waals surface area contributed by atoms with Crippen LogP contribution in [-0.4, -0.2) is 16.0 Å². The van der Waals surface area contributed by atoms with Crippen LogP contribution >= 0.6 is 11.3 Å². The van der Waals surface area contributed by atoms with Gasteiger partial charge in [0.1, 0.15) is 12.2 Å². The number of nitrogens with zero attached hydrogens (tertiary/aromatic N) is 2. The Morgan fingerprint density at radius 1 is 1.45 bits per heavy atom. The standard InChI is InChI=1S/C13H11N3O3S/c14-13(16-17)12-11(18-6-8-5-15-7-20-8)9-3-1-2-4-10(9)19-12/h1-5,7,17H,6H2,(H2,14,16). The van der Waals surface area contributed by atoms with Crippen LogP contribution < -0.4 is 10.5 Å². The van der Waals surface area contributed by atoms with E-state index in [1.807, 2.05) is 18.2 Å². The van der Waals surface area contributed by atoms with Crippen LogP contribution in [0.3, 0.4) is 0 Å². The van der Waals surface area contributed by atoms with E-state index in [9.17, 15) is 0 Å². The van der Waals surface area contributed by atoms with Gasteiger partial charge in [-0.15, -0.1) is 11.3 Å². The summed E-state index contributed by atoms with van der Waals surface area (Å²) in [6, 6.07) is 7.36. The van der Waals surface area contributed by atoms with Gasteiger partial charge in [0, 0.05) is 6.20 Å². The number of benzene rings is 1. The largest absolute Gasteiger partial charge is 0.483 e. The Morgan fingerprint density at radius 3 is 3.05 bits per heavy atom. The van der Waals surface area contributed by atoms with Gasteiger partial charge in [-0.2, -0.15) is 0 Å². The molecule has 0 saturated carbocycles. The number of hydrogen-bond acceptors (Lipinski definition) is 6. The molecule has 1 aromatic carbocycles. The average Bonchev–Trinajstić information content (AvgIpc) is 3.11. The maximum absolute atomic E-state index is 8.83. The van der Waals surface area contributed by atoms with Crippen molar-refractivity contribution in [3.8, 4) is 5.75 Å². The first-order valence-corrected chi connectivity index (χ1v) is 6.67. The molecular weight excluding hydrogens is 278 g/mol. The first-order valence-electron chi connectivity index (χ1n) is 5.79. The molecule has 7 heteroatoms. The zero-order valence-corrected chi connectivity index (χ0v) is 11.1. The van der Waals surface area contributed by atoms with Crippen molar-refractivity contribution in [3.63, 3.8) is 0 Å². The Kier molecular flexibility index (Phi) is 3.26. The number of para-hydroxylation sites is 1. The molecule has 2 aromatic heterocycles. The smallest absolute Gasteiger partial charge is 0.215 e. The molecule has 0 aliphatic heterocycles. The van der Waals surface area contributed by atoms with Gasteiger partial charge in [-0.05, 0) is 12.1 Å². The third-order valence-electron chi connectivity index (χ3n) is 2.73. The minimum atomic E-state index is -0.125. The second-order valence-corrected chi connectivity index (χ2v) is 4.97. The molecule has 0 spiro atoms. The van der Waals surface area contributed by atoms with Crippen molar-refractivity contribution in [2.24, 2.45) is 10.9 Å². The summed E-state index contributed by atoms with van der Waals surface area (Å²) in [7, 11) is 0. The van der Waals surface area contributed by atoms with Gasteiger partial charge in [0.05, 0.1) is 15.8 Å². The van der Waals surface area contributed by atoms with Gasteiger partial charge in [0.15, 0.2) is 5.75 Å². The van der Waals surface area contributed by atoms with Crippen molar-refractivity contribution in [2.75, 3.05) is 0 Å². The number of amidine groups is 1. The number of thiazole rings is 1. The number of rotatable bonds is 4. The number of nitrogens with two attached hydrogens (primary N) is 1. The number of fused-ring (bicyclic) bond motifs is 1. The highest BCUT2D eigenvalue weighted by atomic mass is 32.1. The van der Waals surface area contributed by atoms with Crippen molar-refractivity contribution in [2.45, 2.75) is 6.61 Å². The molecule has 0 aliphatic rings. The van der Waals surface area contributed by atoms with Crippen LogP contribution in [0.25, 0.3) is 11.0 Å². The maximum atomic E-state index is 8.83. The van der Waals surface area contributed by atoms with E-state index >= 15 is 0 Å². The van der Waals surface area contributed by atoms with Gasteiger partial charge in [-0.1, -0.05) is 17.3 Å². The van der Waals surface area contributed by atoms with Crippen LogP contribution in [0, 0.1) is 0 Å². The molecule has 0 saturated heterocycles. The topological polar surface area (TPSA) is 93.9 Å². The third kappa shape index (κ3) is 2.19. The molecule has 0 aliphatic carbocycles. The Hall–Kier alpha value is -2.54. The van der Waals surface area contributed by atoms with Crippen molar-refractivity contribution in [1.82, 2.24) is 4.98 Å². The van der Waals surface area contributed by atoms with Crippen molar-refractivity contribution in [3.05, 3.63) is 46.6 Å². The molecular formula is C13H11N3O3S. The third-order valence-corrected chi connectivity index (χ3v) is 3.49. The predicted molar refractivity (Wildman–Crippen MR) is 75.2 cm³/mol. The van der Waals surface area contributed by atoms with Gasteiger partial charge in [-0.3, -0.25) is 4.98 Å². The number of aromatic nitrogens is 1. The van der Waals surface area contributed by atoms with Crippen molar-refractivity contribution in [1.29, 1.82) is 0 Å². The van der Waals surface area contributed by atoms with Gasteiger partial charge in [0.2, 0.25) is 11.6 Å². The van der Waals surface area contributed by atoms with Gasteiger partial charge in [-0.25, -0.2) is 0 Å². The Bertz CT molecular complexity index is 749.